The monoisotopic (exact) mass is 243 g/mol. The Hall–Kier alpha value is -1.01. The molecule has 0 saturated carbocycles. The van der Waals surface area contributed by atoms with Gasteiger partial charge in [-0.05, 0) is 19.1 Å². The lowest BCUT2D eigenvalue weighted by Gasteiger charge is -2.06. The van der Waals surface area contributed by atoms with E-state index in [0.29, 0.717) is 6.42 Å². The second-order valence-electron chi connectivity index (χ2n) is 3.42. The molecule has 0 saturated heterocycles. The quantitative estimate of drug-likeness (QED) is 0.696. The lowest BCUT2D eigenvalue weighted by atomic mass is 10.2. The Morgan fingerprint density at radius 2 is 2.50 bits per heavy atom. The van der Waals surface area contributed by atoms with Gasteiger partial charge in [-0.25, -0.2) is 4.98 Å². The second-order valence-corrected chi connectivity index (χ2v) is 4.52. The molecule has 6 heteroatoms. The maximum Gasteiger partial charge on any atom is 0.320 e. The summed E-state index contributed by atoms with van der Waals surface area (Å²) in [6.45, 7) is 2.97. The number of thioether (sulfide) groups is 1. The summed E-state index contributed by atoms with van der Waals surface area (Å²) in [6.07, 6.45) is 4.22. The number of hydrogen-bond donors (Lipinski definition) is 2. The molecule has 5 nitrogen and oxygen atoms in total. The molecule has 1 atom stereocenters. The zero-order chi connectivity index (χ0) is 12.0. The van der Waals surface area contributed by atoms with Gasteiger partial charge in [0.15, 0.2) is 0 Å². The minimum atomic E-state index is -0.935. The molecule has 0 radical (unpaired) electrons. The number of rotatable bonds is 7. The van der Waals surface area contributed by atoms with Gasteiger partial charge in [-0.15, -0.1) is 0 Å². The summed E-state index contributed by atoms with van der Waals surface area (Å²) in [5.74, 6) is 1.63. The van der Waals surface area contributed by atoms with Gasteiger partial charge in [0.1, 0.15) is 11.9 Å². The Balaban J connectivity index is 2.23. The van der Waals surface area contributed by atoms with Gasteiger partial charge in [0.05, 0.1) is 5.75 Å². The molecule has 1 unspecified atom stereocenters. The predicted octanol–water partition coefficient (Wildman–Crippen LogP) is 0.938. The van der Waals surface area contributed by atoms with Gasteiger partial charge >= 0.3 is 5.97 Å². The number of aryl methyl sites for hydroxylation is 1. The van der Waals surface area contributed by atoms with Crippen molar-refractivity contribution in [2.45, 2.75) is 31.7 Å². The molecule has 0 fully saturated rings. The van der Waals surface area contributed by atoms with E-state index < -0.39 is 12.0 Å². The molecular weight excluding hydrogens is 226 g/mol. The molecule has 90 valence electrons. The molecule has 0 aliphatic rings. The van der Waals surface area contributed by atoms with Crippen LogP contribution >= 0.6 is 11.8 Å². The number of carboxylic acid groups (broad SMARTS) is 1. The number of imidazole rings is 1. The van der Waals surface area contributed by atoms with Crippen molar-refractivity contribution >= 4 is 17.7 Å². The summed E-state index contributed by atoms with van der Waals surface area (Å²) in [7, 11) is 0. The summed E-state index contributed by atoms with van der Waals surface area (Å²) in [5.41, 5.74) is 5.40. The molecule has 0 aliphatic heterocycles. The van der Waals surface area contributed by atoms with Gasteiger partial charge < -0.3 is 15.4 Å². The van der Waals surface area contributed by atoms with Gasteiger partial charge in [0.2, 0.25) is 0 Å². The summed E-state index contributed by atoms with van der Waals surface area (Å²) in [4.78, 5) is 14.7. The first-order valence-electron chi connectivity index (χ1n) is 5.21. The summed E-state index contributed by atoms with van der Waals surface area (Å²) < 4.78 is 2.07. The van der Waals surface area contributed by atoms with Crippen molar-refractivity contribution in [2.75, 3.05) is 5.75 Å². The molecule has 16 heavy (non-hydrogen) atoms. The maximum absolute atomic E-state index is 10.5. The number of carbonyl (C=O) groups is 1. The van der Waals surface area contributed by atoms with E-state index in [4.69, 9.17) is 10.8 Å². The Morgan fingerprint density at radius 1 is 1.75 bits per heavy atom. The number of hydrogen-bond acceptors (Lipinski definition) is 4. The third kappa shape index (κ3) is 3.86. The molecule has 0 aromatic carbocycles. The van der Waals surface area contributed by atoms with Crippen LogP contribution in [-0.4, -0.2) is 32.4 Å². The molecule has 3 N–H and O–H groups in total. The van der Waals surface area contributed by atoms with Crippen LogP contribution in [0.2, 0.25) is 0 Å². The SMILES string of the molecule is CCn1ccnc1CSCCC(N)C(=O)O. The minimum absolute atomic E-state index is 0.493. The molecule has 1 aromatic rings. The first kappa shape index (κ1) is 13.1. The fourth-order valence-electron chi connectivity index (χ4n) is 1.27. The van der Waals surface area contributed by atoms with E-state index in [1.54, 1.807) is 18.0 Å². The molecule has 0 amide bonds. The van der Waals surface area contributed by atoms with E-state index in [2.05, 4.69) is 16.5 Å². The molecule has 1 heterocycles. The average molecular weight is 243 g/mol. The molecule has 0 spiro atoms. The number of nitrogens with zero attached hydrogens (tertiary/aromatic N) is 2. The van der Waals surface area contributed by atoms with Crippen molar-refractivity contribution in [1.29, 1.82) is 0 Å². The molecule has 0 aliphatic carbocycles. The number of aliphatic carboxylic acids is 1. The summed E-state index contributed by atoms with van der Waals surface area (Å²) >= 11 is 1.66. The van der Waals surface area contributed by atoms with E-state index in [0.717, 1.165) is 23.9 Å². The van der Waals surface area contributed by atoms with Crippen molar-refractivity contribution in [1.82, 2.24) is 9.55 Å². The molecular formula is C10H17N3O2S. The minimum Gasteiger partial charge on any atom is -0.480 e. The van der Waals surface area contributed by atoms with Crippen LogP contribution in [0.15, 0.2) is 12.4 Å². The normalized spacial score (nSPS) is 12.6. The molecule has 0 bridgehead atoms. The highest BCUT2D eigenvalue weighted by atomic mass is 32.2. The van der Waals surface area contributed by atoms with Crippen LogP contribution in [0.4, 0.5) is 0 Å². The lowest BCUT2D eigenvalue weighted by Crippen LogP contribution is -2.30. The van der Waals surface area contributed by atoms with Gasteiger partial charge in [-0.1, -0.05) is 0 Å². The largest absolute Gasteiger partial charge is 0.480 e. The topological polar surface area (TPSA) is 81.1 Å². The van der Waals surface area contributed by atoms with E-state index >= 15 is 0 Å². The number of carboxylic acids is 1. The number of aromatic nitrogens is 2. The zero-order valence-corrected chi connectivity index (χ0v) is 10.1. The number of nitrogens with two attached hydrogens (primary N) is 1. The van der Waals surface area contributed by atoms with Gasteiger partial charge in [-0.3, -0.25) is 4.79 Å². The lowest BCUT2D eigenvalue weighted by molar-refractivity contribution is -0.138. The average Bonchev–Trinajstić information content (AvgIpc) is 2.71. The van der Waals surface area contributed by atoms with Crippen LogP contribution in [0.25, 0.3) is 0 Å². The highest BCUT2D eigenvalue weighted by Gasteiger charge is 2.10. The van der Waals surface area contributed by atoms with Crippen LogP contribution in [0.3, 0.4) is 0 Å². The van der Waals surface area contributed by atoms with Gasteiger partial charge in [0, 0.05) is 18.9 Å². The predicted molar refractivity (Wildman–Crippen MR) is 64.3 cm³/mol. The van der Waals surface area contributed by atoms with Gasteiger partial charge in [-0.2, -0.15) is 11.8 Å². The Kier molecular flexibility index (Phi) is 5.34. The van der Waals surface area contributed by atoms with Crippen LogP contribution in [-0.2, 0) is 17.1 Å². The Labute approximate surface area is 99.0 Å². The molecule has 1 rings (SSSR count). The van der Waals surface area contributed by atoms with Crippen LogP contribution < -0.4 is 5.73 Å². The van der Waals surface area contributed by atoms with Crippen molar-refractivity contribution in [3.8, 4) is 0 Å². The van der Waals surface area contributed by atoms with E-state index in [-0.39, 0.29) is 0 Å². The Bertz CT molecular complexity index is 341. The van der Waals surface area contributed by atoms with E-state index in [9.17, 15) is 4.79 Å². The molecule has 1 aromatic heterocycles. The fourth-order valence-corrected chi connectivity index (χ4v) is 2.25. The smallest absolute Gasteiger partial charge is 0.320 e. The zero-order valence-electron chi connectivity index (χ0n) is 9.30. The van der Waals surface area contributed by atoms with Gasteiger partial charge in [0.25, 0.3) is 0 Å². The first-order chi connectivity index (χ1) is 7.65. The van der Waals surface area contributed by atoms with Crippen LogP contribution in [0, 0.1) is 0 Å². The maximum atomic E-state index is 10.5. The van der Waals surface area contributed by atoms with Crippen molar-refractivity contribution < 1.29 is 9.90 Å². The Morgan fingerprint density at radius 3 is 3.12 bits per heavy atom. The first-order valence-corrected chi connectivity index (χ1v) is 6.36. The summed E-state index contributed by atoms with van der Waals surface area (Å²) in [6, 6.07) is -0.751. The highest BCUT2D eigenvalue weighted by Crippen LogP contribution is 2.12. The summed E-state index contributed by atoms with van der Waals surface area (Å²) in [5, 5.41) is 8.60. The van der Waals surface area contributed by atoms with E-state index in [1.807, 2.05) is 6.20 Å². The van der Waals surface area contributed by atoms with Crippen molar-refractivity contribution in [3.63, 3.8) is 0 Å². The van der Waals surface area contributed by atoms with Crippen LogP contribution in [0.1, 0.15) is 19.2 Å². The standard InChI is InChI=1S/C10H17N3O2S/c1-2-13-5-4-12-9(13)7-16-6-3-8(11)10(14)15/h4-5,8H,2-3,6-7,11H2,1H3,(H,14,15). The van der Waals surface area contributed by atoms with E-state index in [1.165, 1.54) is 0 Å². The van der Waals surface area contributed by atoms with Crippen molar-refractivity contribution in [2.24, 2.45) is 5.73 Å². The third-order valence-corrected chi connectivity index (χ3v) is 3.25. The van der Waals surface area contributed by atoms with Crippen LogP contribution in [0.5, 0.6) is 0 Å². The highest BCUT2D eigenvalue weighted by molar-refractivity contribution is 7.98. The fraction of sp³-hybridized carbons (Fsp3) is 0.600. The third-order valence-electron chi connectivity index (χ3n) is 2.26. The second kappa shape index (κ2) is 6.55. The van der Waals surface area contributed by atoms with Crippen molar-refractivity contribution in [3.05, 3.63) is 18.2 Å².